The lowest BCUT2D eigenvalue weighted by Crippen LogP contribution is -2.06. The number of nitrogens with two attached hydrogens (primary N) is 1. The maximum Gasteiger partial charge on any atom is 0.270 e. The first-order chi connectivity index (χ1) is 15.9. The number of benzene rings is 2. The van der Waals surface area contributed by atoms with E-state index in [9.17, 15) is 20.2 Å². The van der Waals surface area contributed by atoms with Crippen LogP contribution in [0.1, 0.15) is 16.8 Å². The minimum atomic E-state index is -0.485. The number of hydrazone groups is 1. The smallest absolute Gasteiger partial charge is 0.270 e. The van der Waals surface area contributed by atoms with E-state index in [0.717, 1.165) is 5.69 Å². The number of hydrogen-bond donors (Lipinski definition) is 2. The van der Waals surface area contributed by atoms with Crippen LogP contribution in [0.15, 0.2) is 69.2 Å². The van der Waals surface area contributed by atoms with Crippen molar-refractivity contribution >= 4 is 57.2 Å². The second-order valence-electron chi connectivity index (χ2n) is 6.19. The van der Waals surface area contributed by atoms with E-state index < -0.39 is 9.85 Å². The van der Waals surface area contributed by atoms with Gasteiger partial charge >= 0.3 is 0 Å². The summed E-state index contributed by atoms with van der Waals surface area (Å²) in [6, 6.07) is 12.1. The number of rotatable bonds is 9. The molecule has 0 aliphatic rings. The Labute approximate surface area is 195 Å². The van der Waals surface area contributed by atoms with E-state index in [-0.39, 0.29) is 16.5 Å². The number of thiazole rings is 1. The molecule has 0 saturated heterocycles. The van der Waals surface area contributed by atoms with Crippen molar-refractivity contribution in [2.45, 2.75) is 5.75 Å². The van der Waals surface area contributed by atoms with Crippen molar-refractivity contribution in [2.24, 2.45) is 21.0 Å². The van der Waals surface area contributed by atoms with Gasteiger partial charge in [0.05, 0.1) is 28.0 Å². The number of hydrogen-bond acceptors (Lipinski definition) is 11. The number of nitrogens with one attached hydrogen (secondary N) is 1. The Morgan fingerprint density at radius 2 is 1.73 bits per heavy atom. The molecule has 14 heteroatoms. The van der Waals surface area contributed by atoms with Gasteiger partial charge in [0.2, 0.25) is 5.13 Å². The van der Waals surface area contributed by atoms with Crippen LogP contribution in [0.3, 0.4) is 0 Å². The van der Waals surface area contributed by atoms with Crippen molar-refractivity contribution in [3.8, 4) is 0 Å². The summed E-state index contributed by atoms with van der Waals surface area (Å²) in [5.74, 6) is 0.453. The topological polar surface area (TPSA) is 174 Å². The summed E-state index contributed by atoms with van der Waals surface area (Å²) >= 11 is 2.57. The lowest BCUT2D eigenvalue weighted by molar-refractivity contribution is -0.385. The number of nitrogens with zero attached hydrogens (tertiary/aromatic N) is 6. The minimum absolute atomic E-state index is 0.0128. The Bertz CT molecular complexity index is 1240. The van der Waals surface area contributed by atoms with Gasteiger partial charge < -0.3 is 5.73 Å². The Kier molecular flexibility index (Phi) is 8.15. The lowest BCUT2D eigenvalue weighted by atomic mass is 10.2. The van der Waals surface area contributed by atoms with E-state index in [2.05, 4.69) is 25.7 Å². The summed E-state index contributed by atoms with van der Waals surface area (Å²) in [4.78, 5) is 25.0. The molecule has 0 aliphatic heterocycles. The molecule has 0 saturated carbocycles. The zero-order valence-corrected chi connectivity index (χ0v) is 18.4. The number of nitro benzene ring substituents is 2. The van der Waals surface area contributed by atoms with Crippen LogP contribution in [0, 0.1) is 20.2 Å². The molecule has 0 bridgehead atoms. The van der Waals surface area contributed by atoms with Crippen molar-refractivity contribution < 1.29 is 9.85 Å². The van der Waals surface area contributed by atoms with Crippen LogP contribution >= 0.6 is 23.1 Å². The predicted octanol–water partition coefficient (Wildman–Crippen LogP) is 3.99. The van der Waals surface area contributed by atoms with Crippen molar-refractivity contribution in [3.63, 3.8) is 0 Å². The molecule has 0 spiro atoms. The van der Waals surface area contributed by atoms with Crippen LogP contribution in [0.2, 0.25) is 0 Å². The molecule has 33 heavy (non-hydrogen) atoms. The van der Waals surface area contributed by atoms with Crippen molar-refractivity contribution in [2.75, 3.05) is 5.43 Å². The molecule has 3 N–H and O–H groups in total. The Balaban J connectivity index is 1.49. The fourth-order valence-electron chi connectivity index (χ4n) is 2.35. The fourth-order valence-corrected chi connectivity index (χ4v) is 3.67. The molecule has 2 aromatic carbocycles. The summed E-state index contributed by atoms with van der Waals surface area (Å²) in [6.07, 6.45) is 2.84. The van der Waals surface area contributed by atoms with Gasteiger partial charge in [-0.1, -0.05) is 36.0 Å². The van der Waals surface area contributed by atoms with Crippen molar-refractivity contribution in [1.29, 1.82) is 0 Å². The van der Waals surface area contributed by atoms with Crippen LogP contribution < -0.4 is 11.2 Å². The van der Waals surface area contributed by atoms with Crippen molar-refractivity contribution in [1.82, 2.24) is 4.98 Å². The third-order valence-electron chi connectivity index (χ3n) is 3.82. The zero-order chi connectivity index (χ0) is 23.6. The van der Waals surface area contributed by atoms with Gasteiger partial charge in [0.15, 0.2) is 5.17 Å². The molecule has 0 fully saturated rings. The van der Waals surface area contributed by atoms with Gasteiger partial charge in [-0.3, -0.25) is 25.7 Å². The first-order valence-electron chi connectivity index (χ1n) is 9.12. The molecule has 1 heterocycles. The number of thioether (sulfide) groups is 1. The highest BCUT2D eigenvalue weighted by molar-refractivity contribution is 8.13. The van der Waals surface area contributed by atoms with Crippen LogP contribution in [-0.2, 0) is 5.75 Å². The summed E-state index contributed by atoms with van der Waals surface area (Å²) in [6.45, 7) is 0. The van der Waals surface area contributed by atoms with Gasteiger partial charge in [-0.2, -0.15) is 10.2 Å². The standard InChI is InChI=1S/C19H16N8O4S2/c20-18(24-21-9-13-3-1-5-16(7-13)26(28)29)32-11-15-12-33-19(23-15)25-22-10-14-4-2-6-17(8-14)27(30)31/h1-10,12H,11H2,(H2,20,24)(H,23,25). The SMILES string of the molecule is NC(=NN=Cc1cccc([N+](=O)[O-])c1)SCc1csc(NN=Cc2cccc([N+](=O)[O-])c2)n1. The van der Waals surface area contributed by atoms with Crippen molar-refractivity contribution in [3.05, 3.63) is 91.0 Å². The number of non-ortho nitro benzene ring substituents is 2. The van der Waals surface area contributed by atoms with Crippen LogP contribution in [0.25, 0.3) is 0 Å². The normalized spacial score (nSPS) is 11.8. The Morgan fingerprint density at radius 1 is 1.09 bits per heavy atom. The Hall–Kier alpha value is -4.17. The molecule has 168 valence electrons. The fraction of sp³-hybridized carbons (Fsp3) is 0.0526. The van der Waals surface area contributed by atoms with Gasteiger partial charge in [-0.15, -0.1) is 16.4 Å². The van der Waals surface area contributed by atoms with E-state index in [1.165, 1.54) is 59.8 Å². The highest BCUT2D eigenvalue weighted by Gasteiger charge is 2.06. The van der Waals surface area contributed by atoms with Gasteiger partial charge in [0, 0.05) is 46.5 Å². The van der Waals surface area contributed by atoms with Gasteiger partial charge in [-0.25, -0.2) is 4.98 Å². The highest BCUT2D eigenvalue weighted by atomic mass is 32.2. The van der Waals surface area contributed by atoms with Crippen LogP contribution in [-0.4, -0.2) is 32.4 Å². The maximum atomic E-state index is 10.8. The molecule has 1 aromatic heterocycles. The van der Waals surface area contributed by atoms with Crippen LogP contribution in [0.5, 0.6) is 0 Å². The van der Waals surface area contributed by atoms with E-state index in [1.54, 1.807) is 24.3 Å². The predicted molar refractivity (Wildman–Crippen MR) is 130 cm³/mol. The zero-order valence-electron chi connectivity index (χ0n) is 16.8. The number of amidine groups is 1. The molecule has 3 aromatic rings. The average molecular weight is 485 g/mol. The number of aromatic nitrogens is 1. The second kappa shape index (κ2) is 11.4. The van der Waals surface area contributed by atoms with E-state index in [1.807, 2.05) is 5.38 Å². The first kappa shape index (κ1) is 23.5. The quantitative estimate of drug-likeness (QED) is 0.198. The third-order valence-corrected chi connectivity index (χ3v) is 5.43. The molecule has 0 aliphatic carbocycles. The Morgan fingerprint density at radius 3 is 2.36 bits per heavy atom. The van der Waals surface area contributed by atoms with Crippen LogP contribution in [0.4, 0.5) is 16.5 Å². The molecule has 0 unspecified atom stereocenters. The van der Waals surface area contributed by atoms with Gasteiger partial charge in [0.1, 0.15) is 0 Å². The molecular weight excluding hydrogens is 468 g/mol. The molecule has 0 amide bonds. The number of anilines is 1. The summed E-state index contributed by atoms with van der Waals surface area (Å²) in [5.41, 5.74) is 10.4. The largest absolute Gasteiger partial charge is 0.377 e. The summed E-state index contributed by atoms with van der Waals surface area (Å²) < 4.78 is 0. The maximum absolute atomic E-state index is 10.8. The monoisotopic (exact) mass is 484 g/mol. The minimum Gasteiger partial charge on any atom is -0.377 e. The average Bonchev–Trinajstić information content (AvgIpc) is 3.26. The lowest BCUT2D eigenvalue weighted by Gasteiger charge is -1.97. The van der Waals surface area contributed by atoms with Gasteiger partial charge in [-0.05, 0) is 0 Å². The third kappa shape index (κ3) is 7.48. The number of nitro groups is 2. The van der Waals surface area contributed by atoms with E-state index >= 15 is 0 Å². The summed E-state index contributed by atoms with van der Waals surface area (Å²) in [5, 5.41) is 35.9. The van der Waals surface area contributed by atoms with Gasteiger partial charge in [0.25, 0.3) is 11.4 Å². The summed E-state index contributed by atoms with van der Waals surface area (Å²) in [7, 11) is 0. The highest BCUT2D eigenvalue weighted by Crippen LogP contribution is 2.20. The molecule has 0 radical (unpaired) electrons. The van der Waals surface area contributed by atoms with E-state index in [0.29, 0.717) is 22.0 Å². The molecular formula is C19H16N8O4S2. The molecule has 12 nitrogen and oxygen atoms in total. The van der Waals surface area contributed by atoms with E-state index in [4.69, 9.17) is 5.73 Å². The second-order valence-corrected chi connectivity index (χ2v) is 8.04. The molecule has 0 atom stereocenters. The molecule has 3 rings (SSSR count). The first-order valence-corrected chi connectivity index (χ1v) is 11.0.